The van der Waals surface area contributed by atoms with Gasteiger partial charge in [0.25, 0.3) is 10.0 Å². The van der Waals surface area contributed by atoms with Gasteiger partial charge in [-0.3, -0.25) is 24.2 Å². The highest BCUT2D eigenvalue weighted by molar-refractivity contribution is 7.90. The van der Waals surface area contributed by atoms with Crippen LogP contribution in [0.2, 0.25) is 0 Å². The molecule has 1 aliphatic heterocycles. The number of nitrogens with two attached hydrogens (primary N) is 1. The number of benzene rings is 1. The highest BCUT2D eigenvalue weighted by Gasteiger charge is 2.38. The Bertz CT molecular complexity index is 1410. The second-order valence-electron chi connectivity index (χ2n) is 12.0. The minimum Gasteiger partial charge on any atom is -0.480 e. The number of aliphatic imine (C=N–C) groups is 1. The maximum Gasteiger partial charge on any atom is 0.408 e. The second-order valence-corrected chi connectivity index (χ2v) is 13.7. The number of amides is 4. The number of aliphatic carboxylic acids is 1. The molecule has 7 N–H and O–H groups in total. The number of sulfonamides is 1. The third-order valence-electron chi connectivity index (χ3n) is 6.81. The zero-order valence-electron chi connectivity index (χ0n) is 27.0. The van der Waals surface area contributed by atoms with Crippen molar-refractivity contribution in [3.05, 3.63) is 29.8 Å². The number of rotatable bonds is 13. The van der Waals surface area contributed by atoms with Crippen molar-refractivity contribution in [3.8, 4) is 0 Å². The molecular formula is C29H45N7O9S. The second kappa shape index (κ2) is 16.2. The Morgan fingerprint density at radius 3 is 2.28 bits per heavy atom. The number of guanidine groups is 1. The number of nitrogens with zero attached hydrogens (tertiary/aromatic N) is 2. The normalized spacial score (nSPS) is 17.3. The lowest BCUT2D eigenvalue weighted by Crippen LogP contribution is -2.57. The fourth-order valence-corrected chi connectivity index (χ4v) is 5.37. The molecule has 16 nitrogen and oxygen atoms in total. The molecule has 0 unspecified atom stereocenters. The molecule has 17 heteroatoms. The highest BCUT2D eigenvalue weighted by Crippen LogP contribution is 2.20. The Morgan fingerprint density at radius 2 is 1.70 bits per heavy atom. The molecule has 0 radical (unpaired) electrons. The molecule has 1 aromatic rings. The lowest BCUT2D eigenvalue weighted by Gasteiger charge is -2.30. The van der Waals surface area contributed by atoms with Gasteiger partial charge in [0.15, 0.2) is 0 Å². The minimum atomic E-state index is -3.97. The predicted octanol–water partition coefficient (Wildman–Crippen LogP) is 0.347. The van der Waals surface area contributed by atoms with Crippen molar-refractivity contribution in [3.63, 3.8) is 0 Å². The largest absolute Gasteiger partial charge is 0.480 e. The molecule has 0 aromatic heterocycles. The minimum absolute atomic E-state index is 0.000636. The number of likely N-dealkylation sites (tertiary alicyclic amines) is 1. The topological polar surface area (TPSA) is 239 Å². The van der Waals surface area contributed by atoms with E-state index in [2.05, 4.69) is 25.7 Å². The number of alkyl carbamates (subject to hydrolysis) is 1. The van der Waals surface area contributed by atoms with Crippen LogP contribution in [-0.2, 0) is 33.9 Å². The molecule has 1 heterocycles. The van der Waals surface area contributed by atoms with Crippen LogP contribution in [0.25, 0.3) is 0 Å². The van der Waals surface area contributed by atoms with Crippen molar-refractivity contribution in [2.75, 3.05) is 13.1 Å². The number of hydrogen-bond acceptors (Lipinski definition) is 9. The van der Waals surface area contributed by atoms with E-state index in [1.807, 2.05) is 6.92 Å². The summed E-state index contributed by atoms with van der Waals surface area (Å²) in [6.45, 7) is 9.69. The summed E-state index contributed by atoms with van der Waals surface area (Å²) in [5, 5.41) is 16.6. The number of ether oxygens (including phenoxy) is 1. The van der Waals surface area contributed by atoms with Crippen molar-refractivity contribution in [1.29, 1.82) is 0 Å². The Morgan fingerprint density at radius 1 is 1.07 bits per heavy atom. The van der Waals surface area contributed by atoms with E-state index in [1.165, 1.54) is 30.9 Å². The van der Waals surface area contributed by atoms with Crippen LogP contribution < -0.4 is 26.4 Å². The van der Waals surface area contributed by atoms with Crippen molar-refractivity contribution in [2.24, 2.45) is 10.7 Å². The molecule has 46 heavy (non-hydrogen) atoms. The molecule has 4 amide bonds. The first-order chi connectivity index (χ1) is 21.3. The summed E-state index contributed by atoms with van der Waals surface area (Å²) < 4.78 is 32.5. The summed E-state index contributed by atoms with van der Waals surface area (Å²) >= 11 is 0. The number of carbonyl (C=O) groups is 5. The number of carboxylic acids is 1. The van der Waals surface area contributed by atoms with Gasteiger partial charge < -0.3 is 36.4 Å². The summed E-state index contributed by atoms with van der Waals surface area (Å²) in [7, 11) is -3.97. The van der Waals surface area contributed by atoms with E-state index in [1.54, 1.807) is 32.9 Å². The lowest BCUT2D eigenvalue weighted by molar-refractivity contribution is -0.144. The van der Waals surface area contributed by atoms with Crippen molar-refractivity contribution in [1.82, 2.24) is 25.6 Å². The predicted molar refractivity (Wildman–Crippen MR) is 168 cm³/mol. The number of carbonyl (C=O) groups excluding carboxylic acids is 4. The van der Waals surface area contributed by atoms with Gasteiger partial charge in [-0.2, -0.15) is 0 Å². The van der Waals surface area contributed by atoms with Crippen LogP contribution in [0.15, 0.2) is 34.2 Å². The Balaban J connectivity index is 2.15. The maximum atomic E-state index is 13.7. The summed E-state index contributed by atoms with van der Waals surface area (Å²) in [6, 6.07) is 1.75. The standard InChI is InChI=1S/C29H45N7O9S/c1-17-11-13-20(14-12-17)46(43,44)35-27(30)31-15-7-9-21(34-23(37)18(2)33-28(42)45-29(4,5)6)25(39)36-16-8-10-22(36)24(38)32-19(3)26(40)41/h11-14,18-19,21-22H,7-10,15-16H2,1-6H3,(H,32,38)(H,33,42)(H,34,37)(H,40,41)(H3,30,31,35)/t18-,19-,21-,22-/m0/s1. The quantitative estimate of drug-likeness (QED) is 0.0958. The van der Waals surface area contributed by atoms with E-state index in [9.17, 15) is 32.4 Å². The first-order valence-corrected chi connectivity index (χ1v) is 16.3. The average Bonchev–Trinajstić information content (AvgIpc) is 3.43. The van der Waals surface area contributed by atoms with Crippen molar-refractivity contribution < 1.29 is 42.2 Å². The molecule has 1 aromatic carbocycles. The van der Waals surface area contributed by atoms with Gasteiger partial charge in [0.2, 0.25) is 23.7 Å². The molecule has 0 saturated carbocycles. The molecule has 1 saturated heterocycles. The summed E-state index contributed by atoms with van der Waals surface area (Å²) in [5.41, 5.74) is 5.87. The molecule has 2 rings (SSSR count). The van der Waals surface area contributed by atoms with Gasteiger partial charge in [-0.05, 0) is 79.4 Å². The van der Waals surface area contributed by atoms with Crippen LogP contribution in [0.3, 0.4) is 0 Å². The fourth-order valence-electron chi connectivity index (χ4n) is 4.42. The number of hydrogen-bond donors (Lipinski definition) is 6. The summed E-state index contributed by atoms with van der Waals surface area (Å²) in [6.07, 6.45) is 0.118. The molecule has 4 atom stereocenters. The van der Waals surface area contributed by atoms with E-state index >= 15 is 0 Å². The molecule has 256 valence electrons. The van der Waals surface area contributed by atoms with E-state index in [0.29, 0.717) is 12.8 Å². The number of nitrogens with one attached hydrogen (secondary N) is 4. The highest BCUT2D eigenvalue weighted by atomic mass is 32.2. The van der Waals surface area contributed by atoms with Gasteiger partial charge in [-0.15, -0.1) is 0 Å². The molecule has 0 bridgehead atoms. The van der Waals surface area contributed by atoms with E-state index in [-0.39, 0.29) is 36.8 Å². The van der Waals surface area contributed by atoms with Crippen LogP contribution in [0.1, 0.15) is 65.9 Å². The van der Waals surface area contributed by atoms with Gasteiger partial charge in [-0.25, -0.2) is 17.9 Å². The Kier molecular flexibility index (Phi) is 13.3. The molecule has 1 aliphatic rings. The molecule has 0 aliphatic carbocycles. The summed E-state index contributed by atoms with van der Waals surface area (Å²) in [4.78, 5) is 68.3. The first-order valence-electron chi connectivity index (χ1n) is 14.8. The third-order valence-corrected chi connectivity index (χ3v) is 8.18. The lowest BCUT2D eigenvalue weighted by atomic mass is 10.1. The number of aryl methyl sites for hydroxylation is 1. The molecular weight excluding hydrogens is 622 g/mol. The fraction of sp³-hybridized carbons (Fsp3) is 0.586. The van der Waals surface area contributed by atoms with Gasteiger partial charge in [0.05, 0.1) is 4.90 Å². The molecule has 0 spiro atoms. The van der Waals surface area contributed by atoms with E-state index in [4.69, 9.17) is 15.6 Å². The number of carboxylic acid groups (broad SMARTS) is 1. The van der Waals surface area contributed by atoms with Gasteiger partial charge in [0, 0.05) is 13.1 Å². The Hall–Kier alpha value is -4.41. The van der Waals surface area contributed by atoms with Gasteiger partial charge in [-0.1, -0.05) is 17.7 Å². The van der Waals surface area contributed by atoms with Crippen LogP contribution in [-0.4, -0.2) is 97.0 Å². The van der Waals surface area contributed by atoms with E-state index in [0.717, 1.165) is 5.56 Å². The van der Waals surface area contributed by atoms with Crippen molar-refractivity contribution in [2.45, 2.75) is 102 Å². The zero-order valence-corrected chi connectivity index (χ0v) is 27.8. The molecule has 1 fully saturated rings. The monoisotopic (exact) mass is 667 g/mol. The van der Waals surface area contributed by atoms with Crippen LogP contribution in [0.5, 0.6) is 0 Å². The average molecular weight is 668 g/mol. The van der Waals surface area contributed by atoms with Gasteiger partial charge >= 0.3 is 12.1 Å². The van der Waals surface area contributed by atoms with Gasteiger partial charge in [0.1, 0.15) is 29.8 Å². The van der Waals surface area contributed by atoms with Crippen LogP contribution in [0, 0.1) is 6.92 Å². The van der Waals surface area contributed by atoms with Crippen molar-refractivity contribution >= 4 is 45.8 Å². The first kappa shape index (κ1) is 37.8. The zero-order chi connectivity index (χ0) is 34.8. The van der Waals surface area contributed by atoms with Crippen LogP contribution in [0.4, 0.5) is 4.79 Å². The third kappa shape index (κ3) is 11.8. The SMILES string of the molecule is Cc1ccc(S(=O)(=O)NC(N)=NCCC[C@H](NC(=O)[C@H](C)NC(=O)OC(C)(C)C)C(=O)N2CCC[C@H]2C(=O)N[C@@H](C)C(=O)O)cc1. The van der Waals surface area contributed by atoms with E-state index < -0.39 is 69.6 Å². The Labute approximate surface area is 268 Å². The smallest absolute Gasteiger partial charge is 0.408 e. The summed E-state index contributed by atoms with van der Waals surface area (Å²) in [5.74, 6) is -3.52. The van der Waals surface area contributed by atoms with Crippen LogP contribution >= 0.6 is 0 Å². The maximum absolute atomic E-state index is 13.7.